The molecule has 0 aromatic heterocycles. The lowest BCUT2D eigenvalue weighted by Crippen LogP contribution is -2.53. The van der Waals surface area contributed by atoms with E-state index in [9.17, 15) is 19.5 Å². The number of carbonyl (C=O) groups is 3. The number of nitrogens with one attached hydrogen (secondary N) is 2. The van der Waals surface area contributed by atoms with E-state index in [-0.39, 0.29) is 12.3 Å². The van der Waals surface area contributed by atoms with Gasteiger partial charge in [-0.1, -0.05) is 42.5 Å². The molecule has 0 bridgehead atoms. The number of imide groups is 1. The highest BCUT2D eigenvalue weighted by molar-refractivity contribution is 6.08. The van der Waals surface area contributed by atoms with E-state index in [1.54, 1.807) is 43.3 Å². The van der Waals surface area contributed by atoms with Crippen LogP contribution in [0, 0.1) is 0 Å². The van der Waals surface area contributed by atoms with Gasteiger partial charge in [-0.2, -0.15) is 5.01 Å². The average molecular weight is 423 g/mol. The first kappa shape index (κ1) is 20.7. The Balaban J connectivity index is 1.33. The van der Waals surface area contributed by atoms with Gasteiger partial charge in [-0.3, -0.25) is 19.9 Å². The van der Waals surface area contributed by atoms with Crippen LogP contribution in [-0.2, 0) is 15.1 Å². The Morgan fingerprint density at radius 2 is 1.68 bits per heavy atom. The Hall–Kier alpha value is -3.59. The van der Waals surface area contributed by atoms with Crippen LogP contribution < -0.4 is 15.6 Å². The number of piperazine rings is 1. The van der Waals surface area contributed by atoms with E-state index in [0.29, 0.717) is 31.7 Å². The van der Waals surface area contributed by atoms with E-state index < -0.39 is 23.4 Å². The van der Waals surface area contributed by atoms with Crippen molar-refractivity contribution < 1.29 is 19.5 Å². The van der Waals surface area contributed by atoms with Crippen LogP contribution in [0.4, 0.5) is 10.5 Å². The van der Waals surface area contributed by atoms with Crippen molar-refractivity contribution in [3.63, 3.8) is 0 Å². The maximum atomic E-state index is 12.9. The zero-order chi connectivity index (χ0) is 22.0. The van der Waals surface area contributed by atoms with E-state index >= 15 is 0 Å². The third kappa shape index (κ3) is 4.04. The number of phenolic OH excluding ortho intramolecular Hbond substituents is 1. The number of hydrogen-bond donors (Lipinski definition) is 3. The van der Waals surface area contributed by atoms with Crippen molar-refractivity contribution in [2.24, 2.45) is 0 Å². The number of hydrogen-bond acceptors (Lipinski definition) is 6. The summed E-state index contributed by atoms with van der Waals surface area (Å²) in [6, 6.07) is 15.4. The first-order chi connectivity index (χ1) is 14.9. The lowest BCUT2D eigenvalue weighted by Gasteiger charge is -2.36. The first-order valence-corrected chi connectivity index (χ1v) is 10.2. The molecule has 2 heterocycles. The molecule has 0 spiro atoms. The number of amides is 4. The van der Waals surface area contributed by atoms with Crippen LogP contribution >= 0.6 is 0 Å². The van der Waals surface area contributed by atoms with Crippen molar-refractivity contribution in [2.75, 3.05) is 37.6 Å². The Morgan fingerprint density at radius 1 is 1.03 bits per heavy atom. The highest BCUT2D eigenvalue weighted by Gasteiger charge is 2.50. The average Bonchev–Trinajstić information content (AvgIpc) is 2.99. The molecule has 3 N–H and O–H groups in total. The van der Waals surface area contributed by atoms with Crippen LogP contribution in [0.5, 0.6) is 5.75 Å². The van der Waals surface area contributed by atoms with Crippen molar-refractivity contribution in [1.29, 1.82) is 0 Å². The van der Waals surface area contributed by atoms with Crippen molar-refractivity contribution in [3.05, 3.63) is 60.2 Å². The van der Waals surface area contributed by atoms with E-state index in [0.717, 1.165) is 10.7 Å². The van der Waals surface area contributed by atoms with Gasteiger partial charge < -0.3 is 15.3 Å². The third-order valence-electron chi connectivity index (χ3n) is 5.74. The minimum Gasteiger partial charge on any atom is -0.506 e. The van der Waals surface area contributed by atoms with Crippen LogP contribution in [0.15, 0.2) is 54.6 Å². The summed E-state index contributed by atoms with van der Waals surface area (Å²) in [5, 5.41) is 13.4. The minimum atomic E-state index is -1.23. The van der Waals surface area contributed by atoms with Crippen LogP contribution in [0.1, 0.15) is 12.5 Å². The smallest absolute Gasteiger partial charge is 0.344 e. The van der Waals surface area contributed by atoms with Gasteiger partial charge in [0.25, 0.3) is 11.8 Å². The second-order valence-electron chi connectivity index (χ2n) is 7.85. The fraction of sp³-hybridized carbons (Fsp3) is 0.318. The number of hydrazine groups is 1. The topological polar surface area (TPSA) is 105 Å². The molecule has 2 aliphatic heterocycles. The van der Waals surface area contributed by atoms with E-state index in [1.807, 2.05) is 23.1 Å². The van der Waals surface area contributed by atoms with Crippen LogP contribution in [0.2, 0.25) is 0 Å². The molecule has 2 aliphatic rings. The molecule has 1 atom stereocenters. The van der Waals surface area contributed by atoms with Gasteiger partial charge in [0.1, 0.15) is 11.3 Å². The molecule has 162 valence electrons. The van der Waals surface area contributed by atoms with Crippen LogP contribution in [0.25, 0.3) is 0 Å². The number of carbonyl (C=O) groups excluding carboxylic acids is 3. The minimum absolute atomic E-state index is 0.0632. The Morgan fingerprint density at radius 3 is 2.35 bits per heavy atom. The highest BCUT2D eigenvalue weighted by Crippen LogP contribution is 2.28. The second-order valence-corrected chi connectivity index (χ2v) is 7.85. The van der Waals surface area contributed by atoms with Gasteiger partial charge in [-0.15, -0.1) is 0 Å². The summed E-state index contributed by atoms with van der Waals surface area (Å²) in [5.41, 5.74) is 2.63. The molecule has 0 aliphatic carbocycles. The summed E-state index contributed by atoms with van der Waals surface area (Å²) < 4.78 is 0. The number of anilines is 1. The number of nitrogens with zero attached hydrogens (tertiary/aromatic N) is 3. The Kier molecular flexibility index (Phi) is 5.51. The first-order valence-electron chi connectivity index (χ1n) is 10.2. The highest BCUT2D eigenvalue weighted by atomic mass is 16.3. The number of urea groups is 1. The summed E-state index contributed by atoms with van der Waals surface area (Å²) in [6.07, 6.45) is 0. The largest absolute Gasteiger partial charge is 0.506 e. The lowest BCUT2D eigenvalue weighted by atomic mass is 9.92. The van der Waals surface area contributed by atoms with Crippen molar-refractivity contribution in [2.45, 2.75) is 12.5 Å². The molecular formula is C22H25N5O4. The molecule has 2 saturated heterocycles. The number of rotatable bonds is 5. The predicted molar refractivity (Wildman–Crippen MR) is 114 cm³/mol. The monoisotopic (exact) mass is 423 g/mol. The number of para-hydroxylation sites is 2. The molecule has 2 fully saturated rings. The molecule has 0 unspecified atom stereocenters. The maximum Gasteiger partial charge on any atom is 0.344 e. The van der Waals surface area contributed by atoms with Gasteiger partial charge >= 0.3 is 6.03 Å². The second kappa shape index (κ2) is 8.27. The summed E-state index contributed by atoms with van der Waals surface area (Å²) >= 11 is 0. The molecule has 9 heteroatoms. The van der Waals surface area contributed by atoms with E-state index in [1.165, 1.54) is 0 Å². The van der Waals surface area contributed by atoms with Gasteiger partial charge in [0.2, 0.25) is 0 Å². The predicted octanol–water partition coefficient (Wildman–Crippen LogP) is 1.01. The van der Waals surface area contributed by atoms with Crippen molar-refractivity contribution in [1.82, 2.24) is 20.7 Å². The molecule has 2 aromatic rings. The summed E-state index contributed by atoms with van der Waals surface area (Å²) in [6.45, 7) is 4.22. The zero-order valence-corrected chi connectivity index (χ0v) is 17.2. The zero-order valence-electron chi connectivity index (χ0n) is 17.2. The molecule has 2 aromatic carbocycles. The Bertz CT molecular complexity index is 990. The number of benzene rings is 2. The lowest BCUT2D eigenvalue weighted by molar-refractivity contribution is -0.139. The quantitative estimate of drug-likeness (QED) is 0.620. The number of aromatic hydroxyl groups is 1. The van der Waals surface area contributed by atoms with Gasteiger partial charge in [0, 0.05) is 26.2 Å². The molecule has 4 rings (SSSR count). The maximum absolute atomic E-state index is 12.9. The third-order valence-corrected chi connectivity index (χ3v) is 5.74. The number of phenols is 1. The van der Waals surface area contributed by atoms with E-state index in [2.05, 4.69) is 15.6 Å². The summed E-state index contributed by atoms with van der Waals surface area (Å²) in [4.78, 5) is 41.8. The molecule has 4 amide bonds. The summed E-state index contributed by atoms with van der Waals surface area (Å²) in [5.74, 6) is -0.730. The fourth-order valence-electron chi connectivity index (χ4n) is 3.95. The van der Waals surface area contributed by atoms with Crippen LogP contribution in [0.3, 0.4) is 0 Å². The van der Waals surface area contributed by atoms with Gasteiger partial charge in [0.15, 0.2) is 0 Å². The summed E-state index contributed by atoms with van der Waals surface area (Å²) in [7, 11) is 0. The van der Waals surface area contributed by atoms with Crippen molar-refractivity contribution in [3.8, 4) is 5.75 Å². The fourth-order valence-corrected chi connectivity index (χ4v) is 3.95. The standard InChI is InChI=1S/C22H25N5O4/c1-22(16-7-3-2-4-8-16)20(30)27(21(31)23-22)24-19(29)15-25-11-13-26(14-12-25)17-9-5-6-10-18(17)28/h2-10,28H,11-15H2,1H3,(H,23,31)(H,24,29)/t22-/m0/s1. The van der Waals surface area contributed by atoms with Crippen LogP contribution in [-0.4, -0.2) is 65.6 Å². The van der Waals surface area contributed by atoms with E-state index in [4.69, 9.17) is 0 Å². The van der Waals surface area contributed by atoms with Gasteiger partial charge in [-0.05, 0) is 24.6 Å². The Labute approximate surface area is 180 Å². The molecule has 0 saturated carbocycles. The SMILES string of the molecule is C[C@@]1(c2ccccc2)NC(=O)N(NC(=O)CN2CCN(c3ccccc3O)CC2)C1=O. The normalized spacial score (nSPS) is 21.8. The molecule has 9 nitrogen and oxygen atoms in total. The van der Waals surface area contributed by atoms with Gasteiger partial charge in [-0.25, -0.2) is 4.79 Å². The molecule has 0 radical (unpaired) electrons. The molecule has 31 heavy (non-hydrogen) atoms. The molecular weight excluding hydrogens is 398 g/mol. The van der Waals surface area contributed by atoms with Gasteiger partial charge in [0.05, 0.1) is 12.2 Å². The van der Waals surface area contributed by atoms with Crippen molar-refractivity contribution >= 4 is 23.5 Å².